The van der Waals surface area contributed by atoms with Crippen LogP contribution in [0, 0.1) is 0 Å². The van der Waals surface area contributed by atoms with Crippen LogP contribution in [-0.4, -0.2) is 49.9 Å². The van der Waals surface area contributed by atoms with Crippen LogP contribution in [0.2, 0.25) is 0 Å². The van der Waals surface area contributed by atoms with Gasteiger partial charge in [-0.1, -0.05) is 15.9 Å². The maximum atomic E-state index is 12.4. The number of likely N-dealkylation sites (tertiary alicyclic amines) is 1. The van der Waals surface area contributed by atoms with Crippen molar-refractivity contribution in [2.45, 2.75) is 25.1 Å². The molecule has 1 saturated heterocycles. The molecule has 1 N–H and O–H groups in total. The van der Waals surface area contributed by atoms with E-state index in [1.54, 1.807) is 11.0 Å². The number of halogens is 4. The minimum Gasteiger partial charge on any atom is -0.496 e. The van der Waals surface area contributed by atoms with E-state index in [0.29, 0.717) is 12.3 Å². The Kier molecular flexibility index (Phi) is 6.74. The van der Waals surface area contributed by atoms with Crippen LogP contribution in [0.5, 0.6) is 5.75 Å². The monoisotopic (exact) mass is 438 g/mol. The van der Waals surface area contributed by atoms with Crippen molar-refractivity contribution in [1.82, 2.24) is 10.2 Å². The molecule has 0 spiro atoms. The van der Waals surface area contributed by atoms with Crippen LogP contribution in [0.25, 0.3) is 0 Å². The maximum absolute atomic E-state index is 12.4. The molecule has 6 nitrogen and oxygen atoms in total. The minimum atomic E-state index is -4.61. The summed E-state index contributed by atoms with van der Waals surface area (Å²) in [6, 6.07) is 5.23. The third-order valence-electron chi connectivity index (χ3n) is 3.87. The number of carbonyl (C=O) groups excluding carboxylic acids is 2. The van der Waals surface area contributed by atoms with E-state index >= 15 is 0 Å². The van der Waals surface area contributed by atoms with E-state index in [0.717, 1.165) is 22.9 Å². The molecule has 1 aromatic rings. The van der Waals surface area contributed by atoms with Gasteiger partial charge in [0.2, 0.25) is 5.91 Å². The topological polar surface area (TPSA) is 67.9 Å². The molecule has 10 heteroatoms. The Bertz CT molecular complexity index is 669. The molecule has 0 unspecified atom stereocenters. The van der Waals surface area contributed by atoms with Gasteiger partial charge in [-0.05, 0) is 31.0 Å². The Morgan fingerprint density at radius 3 is 2.77 bits per heavy atom. The molecule has 1 aliphatic rings. The highest BCUT2D eigenvalue weighted by Gasteiger charge is 2.33. The summed E-state index contributed by atoms with van der Waals surface area (Å²) in [6.07, 6.45) is -4.41. The van der Waals surface area contributed by atoms with Gasteiger partial charge in [0.1, 0.15) is 12.3 Å². The molecule has 0 aliphatic carbocycles. The largest absolute Gasteiger partial charge is 0.496 e. The zero-order chi connectivity index (χ0) is 19.3. The summed E-state index contributed by atoms with van der Waals surface area (Å²) >= 11 is 3.39. The fourth-order valence-electron chi connectivity index (χ4n) is 2.80. The molecule has 0 saturated carbocycles. The molecule has 0 bridgehead atoms. The molecular formula is C16H18BrF3N2O4. The Balaban J connectivity index is 1.98. The SMILES string of the molecule is COc1ccc(Br)cc1[C@@H]1CCCN1C(=O)CNC(=O)OCC(F)(F)F. The average molecular weight is 439 g/mol. The summed E-state index contributed by atoms with van der Waals surface area (Å²) in [6.45, 7) is -1.66. The summed E-state index contributed by atoms with van der Waals surface area (Å²) in [5.74, 6) is 0.230. The normalized spacial score (nSPS) is 17.1. The number of hydrogen-bond acceptors (Lipinski definition) is 4. The molecule has 26 heavy (non-hydrogen) atoms. The molecule has 1 aliphatic heterocycles. The van der Waals surface area contributed by atoms with E-state index in [1.165, 1.54) is 7.11 Å². The molecule has 2 rings (SSSR count). The van der Waals surface area contributed by atoms with Crippen molar-refractivity contribution >= 4 is 27.9 Å². The van der Waals surface area contributed by atoms with Crippen molar-refractivity contribution in [2.75, 3.05) is 26.8 Å². The predicted molar refractivity (Wildman–Crippen MR) is 89.8 cm³/mol. The summed E-state index contributed by atoms with van der Waals surface area (Å²) in [5.41, 5.74) is 0.826. The van der Waals surface area contributed by atoms with Gasteiger partial charge in [-0.25, -0.2) is 4.79 Å². The lowest BCUT2D eigenvalue weighted by atomic mass is 10.0. The Morgan fingerprint density at radius 2 is 2.12 bits per heavy atom. The van der Waals surface area contributed by atoms with Crippen LogP contribution in [0.4, 0.5) is 18.0 Å². The number of methoxy groups -OCH3 is 1. The molecule has 1 fully saturated rings. The first-order valence-corrected chi connectivity index (χ1v) is 8.61. The first kappa shape index (κ1) is 20.3. The fraction of sp³-hybridized carbons (Fsp3) is 0.500. The molecule has 2 amide bonds. The number of nitrogens with zero attached hydrogens (tertiary/aromatic N) is 1. The molecule has 0 radical (unpaired) electrons. The predicted octanol–water partition coefficient (Wildman–Crippen LogP) is 3.41. The van der Waals surface area contributed by atoms with Crippen molar-refractivity contribution in [3.8, 4) is 5.75 Å². The number of rotatable bonds is 5. The van der Waals surface area contributed by atoms with Crippen LogP contribution < -0.4 is 10.1 Å². The van der Waals surface area contributed by atoms with Crippen LogP contribution in [-0.2, 0) is 9.53 Å². The number of ether oxygens (including phenoxy) is 2. The van der Waals surface area contributed by atoms with Gasteiger partial charge in [0.05, 0.1) is 13.2 Å². The summed E-state index contributed by atoms with van der Waals surface area (Å²) in [7, 11) is 1.53. The first-order valence-electron chi connectivity index (χ1n) is 7.81. The van der Waals surface area contributed by atoms with Gasteiger partial charge in [-0.2, -0.15) is 13.2 Å². The second kappa shape index (κ2) is 8.61. The van der Waals surface area contributed by atoms with Crippen molar-refractivity contribution < 1.29 is 32.2 Å². The number of nitrogens with one attached hydrogen (secondary N) is 1. The van der Waals surface area contributed by atoms with Gasteiger partial charge < -0.3 is 19.7 Å². The number of carbonyl (C=O) groups is 2. The molecule has 0 aromatic heterocycles. The van der Waals surface area contributed by atoms with E-state index in [9.17, 15) is 22.8 Å². The minimum absolute atomic E-state index is 0.233. The van der Waals surface area contributed by atoms with E-state index in [-0.39, 0.29) is 6.04 Å². The number of benzene rings is 1. The van der Waals surface area contributed by atoms with Crippen molar-refractivity contribution in [1.29, 1.82) is 0 Å². The van der Waals surface area contributed by atoms with Gasteiger partial charge in [0.25, 0.3) is 0 Å². The van der Waals surface area contributed by atoms with Crippen molar-refractivity contribution in [2.24, 2.45) is 0 Å². The zero-order valence-corrected chi connectivity index (χ0v) is 15.5. The van der Waals surface area contributed by atoms with Crippen LogP contribution in [0.3, 0.4) is 0 Å². The van der Waals surface area contributed by atoms with Gasteiger partial charge in [-0.3, -0.25) is 4.79 Å². The number of amides is 2. The van der Waals surface area contributed by atoms with Gasteiger partial charge in [-0.15, -0.1) is 0 Å². The Morgan fingerprint density at radius 1 is 1.38 bits per heavy atom. The highest BCUT2D eigenvalue weighted by molar-refractivity contribution is 9.10. The van der Waals surface area contributed by atoms with E-state index in [4.69, 9.17) is 4.74 Å². The van der Waals surface area contributed by atoms with Gasteiger partial charge in [0.15, 0.2) is 6.61 Å². The zero-order valence-electron chi connectivity index (χ0n) is 13.9. The third-order valence-corrected chi connectivity index (χ3v) is 4.37. The van der Waals surface area contributed by atoms with Gasteiger partial charge in [0, 0.05) is 16.6 Å². The lowest BCUT2D eigenvalue weighted by molar-refractivity contribution is -0.160. The van der Waals surface area contributed by atoms with E-state index in [1.807, 2.05) is 12.1 Å². The lowest BCUT2D eigenvalue weighted by Gasteiger charge is -2.26. The smallest absolute Gasteiger partial charge is 0.422 e. The van der Waals surface area contributed by atoms with E-state index in [2.05, 4.69) is 26.0 Å². The fourth-order valence-corrected chi connectivity index (χ4v) is 3.18. The molecular weight excluding hydrogens is 421 g/mol. The van der Waals surface area contributed by atoms with Crippen LogP contribution >= 0.6 is 15.9 Å². The van der Waals surface area contributed by atoms with Gasteiger partial charge >= 0.3 is 12.3 Å². The Hall–Kier alpha value is -1.97. The molecule has 1 heterocycles. The Labute approximate surface area is 156 Å². The standard InChI is InChI=1S/C16H18BrF3N2O4/c1-25-13-5-4-10(17)7-11(13)12-3-2-6-22(12)14(23)8-21-15(24)26-9-16(18,19)20/h4-5,7,12H,2-3,6,8-9H2,1H3,(H,21,24)/t12-/m0/s1. The molecule has 1 atom stereocenters. The highest BCUT2D eigenvalue weighted by Crippen LogP contribution is 2.38. The van der Waals surface area contributed by atoms with Crippen molar-refractivity contribution in [3.63, 3.8) is 0 Å². The number of alkyl carbamates (subject to hydrolysis) is 1. The summed E-state index contributed by atoms with van der Waals surface area (Å²) < 4.78 is 46.2. The average Bonchev–Trinajstić information content (AvgIpc) is 3.06. The number of hydrogen-bond donors (Lipinski definition) is 1. The van der Waals surface area contributed by atoms with E-state index < -0.39 is 31.3 Å². The second-order valence-electron chi connectivity index (χ2n) is 5.68. The van der Waals surface area contributed by atoms with Crippen LogP contribution in [0.1, 0.15) is 24.4 Å². The maximum Gasteiger partial charge on any atom is 0.422 e. The number of alkyl halides is 3. The molecule has 1 aromatic carbocycles. The van der Waals surface area contributed by atoms with Crippen molar-refractivity contribution in [3.05, 3.63) is 28.2 Å². The first-order chi connectivity index (χ1) is 12.2. The third kappa shape index (κ3) is 5.52. The highest BCUT2D eigenvalue weighted by atomic mass is 79.9. The quantitative estimate of drug-likeness (QED) is 0.764. The summed E-state index contributed by atoms with van der Waals surface area (Å²) in [5, 5.41) is 2.05. The second-order valence-corrected chi connectivity index (χ2v) is 6.59. The summed E-state index contributed by atoms with van der Waals surface area (Å²) in [4.78, 5) is 25.3. The lowest BCUT2D eigenvalue weighted by Crippen LogP contribution is -2.40. The molecule has 144 valence electrons. The van der Waals surface area contributed by atoms with Crippen LogP contribution in [0.15, 0.2) is 22.7 Å².